The molecule has 1 N–H and O–H groups in total. The summed E-state index contributed by atoms with van der Waals surface area (Å²) >= 11 is 12.6. The smallest absolute Gasteiger partial charge is 0.256 e. The van der Waals surface area contributed by atoms with Gasteiger partial charge in [-0.3, -0.25) is 4.79 Å². The molecule has 4 nitrogen and oxygen atoms in total. The molecular formula is C20H17Cl2F2N3O. The molecule has 0 bridgehead atoms. The summed E-state index contributed by atoms with van der Waals surface area (Å²) in [4.78, 5) is 12.7. The Labute approximate surface area is 171 Å². The molecule has 28 heavy (non-hydrogen) atoms. The predicted molar refractivity (Wildman–Crippen MR) is 105 cm³/mol. The zero-order chi connectivity index (χ0) is 20.4. The van der Waals surface area contributed by atoms with Gasteiger partial charge in [0, 0.05) is 5.02 Å². The highest BCUT2D eigenvalue weighted by atomic mass is 35.5. The Morgan fingerprint density at radius 3 is 2.57 bits per heavy atom. The molecule has 0 fully saturated rings. The first-order valence-corrected chi connectivity index (χ1v) is 9.25. The van der Waals surface area contributed by atoms with Crippen molar-refractivity contribution >= 4 is 29.1 Å². The number of amides is 1. The number of nitrogens with one attached hydrogen (secondary N) is 1. The number of carbonyl (C=O) groups excluding carboxylic acids is 1. The van der Waals surface area contributed by atoms with E-state index in [0.29, 0.717) is 22.8 Å². The summed E-state index contributed by atoms with van der Waals surface area (Å²) in [5, 5.41) is 7.81. The average molecular weight is 424 g/mol. The number of halogens is 4. The second-order valence-corrected chi connectivity index (χ2v) is 7.13. The third-order valence-corrected chi connectivity index (χ3v) is 5.11. The fraction of sp³-hybridized carbons (Fsp3) is 0.200. The minimum absolute atomic E-state index is 0.174. The van der Waals surface area contributed by atoms with Gasteiger partial charge in [0.25, 0.3) is 5.91 Å². The Hall–Kier alpha value is -2.44. The van der Waals surface area contributed by atoms with E-state index in [1.807, 2.05) is 18.2 Å². The van der Waals surface area contributed by atoms with Gasteiger partial charge in [-0.25, -0.2) is 13.5 Å². The van der Waals surface area contributed by atoms with Gasteiger partial charge < -0.3 is 5.32 Å². The summed E-state index contributed by atoms with van der Waals surface area (Å²) in [5.41, 5.74) is 1.93. The van der Waals surface area contributed by atoms with E-state index in [-0.39, 0.29) is 10.7 Å². The molecule has 1 atom stereocenters. The van der Waals surface area contributed by atoms with Crippen LogP contribution in [0, 0.1) is 18.6 Å². The van der Waals surface area contributed by atoms with Gasteiger partial charge in [0.2, 0.25) is 0 Å². The van der Waals surface area contributed by atoms with Gasteiger partial charge in [-0.15, -0.1) is 0 Å². The van der Waals surface area contributed by atoms with Crippen molar-refractivity contribution in [1.82, 2.24) is 15.1 Å². The molecule has 0 aliphatic rings. The molecule has 0 aliphatic carbocycles. The van der Waals surface area contributed by atoms with Crippen LogP contribution in [0.5, 0.6) is 0 Å². The van der Waals surface area contributed by atoms with Crippen LogP contribution >= 0.6 is 23.2 Å². The molecule has 1 aromatic heterocycles. The van der Waals surface area contributed by atoms with E-state index in [0.717, 1.165) is 17.7 Å². The number of hydrogen-bond donors (Lipinski definition) is 1. The molecule has 3 rings (SSSR count). The first-order valence-electron chi connectivity index (χ1n) is 8.50. The zero-order valence-corrected chi connectivity index (χ0v) is 16.7. The molecule has 0 unspecified atom stereocenters. The van der Waals surface area contributed by atoms with Crippen molar-refractivity contribution in [3.8, 4) is 0 Å². The molecule has 3 aromatic rings. The summed E-state index contributed by atoms with van der Waals surface area (Å²) in [5.74, 6) is -2.37. The largest absolute Gasteiger partial charge is 0.345 e. The van der Waals surface area contributed by atoms with Crippen molar-refractivity contribution < 1.29 is 13.6 Å². The lowest BCUT2D eigenvalue weighted by Gasteiger charge is -2.14. The Balaban J connectivity index is 1.81. The van der Waals surface area contributed by atoms with Crippen molar-refractivity contribution in [3.63, 3.8) is 0 Å². The third-order valence-electron chi connectivity index (χ3n) is 4.36. The van der Waals surface area contributed by atoms with Crippen LogP contribution in [-0.2, 0) is 6.54 Å². The lowest BCUT2D eigenvalue weighted by Crippen LogP contribution is -2.27. The quantitative estimate of drug-likeness (QED) is 0.603. The SMILES string of the molecule is Cc1nn(Cc2ccccc2Cl)c(Cl)c1C(=O)N[C@H](C)c1ccc(F)c(F)c1. The molecular weight excluding hydrogens is 407 g/mol. The van der Waals surface area contributed by atoms with E-state index in [1.165, 1.54) is 10.7 Å². The molecule has 0 spiro atoms. The van der Waals surface area contributed by atoms with Crippen molar-refractivity contribution in [2.24, 2.45) is 0 Å². The second-order valence-electron chi connectivity index (χ2n) is 6.37. The standard InChI is InChI=1S/C20H17Cl2F2N3O/c1-11(13-7-8-16(23)17(24)9-13)25-20(28)18-12(2)26-27(19(18)22)10-14-5-3-4-6-15(14)21/h3-9,11H,10H2,1-2H3,(H,25,28)/t11-/m1/s1. The maximum absolute atomic E-state index is 13.4. The number of rotatable bonds is 5. The first kappa shape index (κ1) is 20.3. The minimum Gasteiger partial charge on any atom is -0.345 e. The highest BCUT2D eigenvalue weighted by molar-refractivity contribution is 6.33. The number of nitrogens with zero attached hydrogens (tertiary/aromatic N) is 2. The molecule has 0 saturated heterocycles. The molecule has 1 amide bonds. The van der Waals surface area contributed by atoms with Gasteiger partial charge in [-0.2, -0.15) is 5.10 Å². The summed E-state index contributed by atoms with van der Waals surface area (Å²) in [7, 11) is 0. The number of hydrogen-bond acceptors (Lipinski definition) is 2. The van der Waals surface area contributed by atoms with Gasteiger partial charge in [0.15, 0.2) is 11.6 Å². The lowest BCUT2D eigenvalue weighted by atomic mass is 10.1. The number of aryl methyl sites for hydroxylation is 1. The topological polar surface area (TPSA) is 46.9 Å². The van der Waals surface area contributed by atoms with Crippen LogP contribution in [0.15, 0.2) is 42.5 Å². The maximum Gasteiger partial charge on any atom is 0.256 e. The van der Waals surface area contributed by atoms with Gasteiger partial charge >= 0.3 is 0 Å². The van der Waals surface area contributed by atoms with E-state index >= 15 is 0 Å². The zero-order valence-electron chi connectivity index (χ0n) is 15.1. The molecule has 0 saturated carbocycles. The fourth-order valence-corrected chi connectivity index (χ4v) is 3.35. The fourth-order valence-electron chi connectivity index (χ4n) is 2.84. The highest BCUT2D eigenvalue weighted by Crippen LogP contribution is 2.24. The van der Waals surface area contributed by atoms with Crippen LogP contribution < -0.4 is 5.32 Å². The van der Waals surface area contributed by atoms with Gasteiger partial charge in [0.05, 0.1) is 23.8 Å². The monoisotopic (exact) mass is 423 g/mol. The Bertz CT molecular complexity index is 1040. The number of benzene rings is 2. The van der Waals surface area contributed by atoms with Gasteiger partial charge in [-0.1, -0.05) is 47.5 Å². The van der Waals surface area contributed by atoms with Crippen LogP contribution in [0.3, 0.4) is 0 Å². The van der Waals surface area contributed by atoms with Crippen LogP contribution in [-0.4, -0.2) is 15.7 Å². The Morgan fingerprint density at radius 1 is 1.18 bits per heavy atom. The van der Waals surface area contributed by atoms with E-state index in [9.17, 15) is 13.6 Å². The van der Waals surface area contributed by atoms with Crippen molar-refractivity contribution in [3.05, 3.63) is 86.7 Å². The van der Waals surface area contributed by atoms with Crippen molar-refractivity contribution in [2.75, 3.05) is 0 Å². The molecule has 2 aromatic carbocycles. The van der Waals surface area contributed by atoms with Crippen molar-refractivity contribution in [1.29, 1.82) is 0 Å². The minimum atomic E-state index is -0.972. The van der Waals surface area contributed by atoms with Crippen molar-refractivity contribution in [2.45, 2.75) is 26.4 Å². The lowest BCUT2D eigenvalue weighted by molar-refractivity contribution is 0.0939. The van der Waals surface area contributed by atoms with E-state index in [4.69, 9.17) is 23.2 Å². The average Bonchev–Trinajstić information content (AvgIpc) is 2.92. The van der Waals surface area contributed by atoms with E-state index in [1.54, 1.807) is 19.9 Å². The third kappa shape index (κ3) is 4.18. The van der Waals surface area contributed by atoms with E-state index in [2.05, 4.69) is 10.4 Å². The first-order chi connectivity index (χ1) is 13.3. The number of carbonyl (C=O) groups is 1. The Kier molecular flexibility index (Phi) is 6.01. The highest BCUT2D eigenvalue weighted by Gasteiger charge is 2.22. The molecule has 0 radical (unpaired) electrons. The molecule has 1 heterocycles. The summed E-state index contributed by atoms with van der Waals surface area (Å²) in [6.07, 6.45) is 0. The maximum atomic E-state index is 13.4. The van der Waals surface area contributed by atoms with E-state index < -0.39 is 23.6 Å². The second kappa shape index (κ2) is 8.29. The summed E-state index contributed by atoms with van der Waals surface area (Å²) < 4.78 is 28.0. The summed E-state index contributed by atoms with van der Waals surface area (Å²) in [6.45, 7) is 3.65. The number of aromatic nitrogens is 2. The summed E-state index contributed by atoms with van der Waals surface area (Å²) in [6, 6.07) is 10.2. The van der Waals surface area contributed by atoms with Gasteiger partial charge in [-0.05, 0) is 43.2 Å². The van der Waals surface area contributed by atoms with Crippen LogP contribution in [0.4, 0.5) is 8.78 Å². The van der Waals surface area contributed by atoms with Crippen LogP contribution in [0.1, 0.15) is 40.1 Å². The van der Waals surface area contributed by atoms with Crippen LogP contribution in [0.2, 0.25) is 10.2 Å². The predicted octanol–water partition coefficient (Wildman–Crippen LogP) is 5.32. The van der Waals surface area contributed by atoms with Crippen LogP contribution in [0.25, 0.3) is 0 Å². The normalized spacial score (nSPS) is 12.1. The molecule has 0 aliphatic heterocycles. The Morgan fingerprint density at radius 2 is 1.89 bits per heavy atom. The van der Waals surface area contributed by atoms with Gasteiger partial charge in [0.1, 0.15) is 5.15 Å². The molecule has 8 heteroatoms. The molecule has 146 valence electrons.